The standard InChI is InChI=1S/C10H12N2O4S/c1-10(2,3)17-9-5-4-7(11(13)14)6-8(9)12(15)16/h4-6H,1-3H3. The lowest BCUT2D eigenvalue weighted by Crippen LogP contribution is -2.07. The van der Waals surface area contributed by atoms with E-state index in [2.05, 4.69) is 0 Å². The van der Waals surface area contributed by atoms with Gasteiger partial charge in [0.1, 0.15) is 0 Å². The second-order valence-electron chi connectivity index (χ2n) is 4.38. The van der Waals surface area contributed by atoms with E-state index in [0.29, 0.717) is 4.90 Å². The Morgan fingerprint density at radius 1 is 1.12 bits per heavy atom. The summed E-state index contributed by atoms with van der Waals surface area (Å²) in [4.78, 5) is 20.6. The van der Waals surface area contributed by atoms with Crippen molar-refractivity contribution in [1.29, 1.82) is 0 Å². The molecule has 0 aliphatic heterocycles. The third kappa shape index (κ3) is 3.70. The molecule has 0 heterocycles. The zero-order chi connectivity index (χ0) is 13.2. The van der Waals surface area contributed by atoms with Gasteiger partial charge in [0.15, 0.2) is 0 Å². The van der Waals surface area contributed by atoms with Crippen molar-refractivity contribution in [2.45, 2.75) is 30.4 Å². The van der Waals surface area contributed by atoms with Gasteiger partial charge in [-0.25, -0.2) is 0 Å². The van der Waals surface area contributed by atoms with Crippen molar-refractivity contribution in [3.63, 3.8) is 0 Å². The molecule has 1 rings (SSSR count). The summed E-state index contributed by atoms with van der Waals surface area (Å²) in [7, 11) is 0. The van der Waals surface area contributed by atoms with Gasteiger partial charge in [0, 0.05) is 10.8 Å². The van der Waals surface area contributed by atoms with Crippen LogP contribution in [0, 0.1) is 20.2 Å². The normalized spacial score (nSPS) is 11.2. The van der Waals surface area contributed by atoms with Crippen LogP contribution in [0.4, 0.5) is 11.4 Å². The van der Waals surface area contributed by atoms with Gasteiger partial charge in [0.2, 0.25) is 0 Å². The summed E-state index contributed by atoms with van der Waals surface area (Å²) in [5.41, 5.74) is -0.492. The molecule has 1 aromatic carbocycles. The molecule has 0 amide bonds. The molecule has 92 valence electrons. The Bertz CT molecular complexity index is 468. The highest BCUT2D eigenvalue weighted by molar-refractivity contribution is 8.00. The Balaban J connectivity index is 3.23. The summed E-state index contributed by atoms with van der Waals surface area (Å²) >= 11 is 1.31. The van der Waals surface area contributed by atoms with E-state index in [1.165, 1.54) is 23.9 Å². The highest BCUT2D eigenvalue weighted by Crippen LogP contribution is 2.39. The second-order valence-corrected chi connectivity index (χ2v) is 6.25. The second kappa shape index (κ2) is 4.70. The van der Waals surface area contributed by atoms with Crippen molar-refractivity contribution >= 4 is 23.1 Å². The predicted molar refractivity (Wildman–Crippen MR) is 65.4 cm³/mol. The van der Waals surface area contributed by atoms with Crippen LogP contribution < -0.4 is 0 Å². The Hall–Kier alpha value is -1.63. The van der Waals surface area contributed by atoms with Crippen molar-refractivity contribution in [3.8, 4) is 0 Å². The average molecular weight is 256 g/mol. The number of thioether (sulfide) groups is 1. The zero-order valence-corrected chi connectivity index (χ0v) is 10.5. The maximum atomic E-state index is 10.9. The first kappa shape index (κ1) is 13.4. The molecule has 0 unspecified atom stereocenters. The minimum absolute atomic E-state index is 0.194. The summed E-state index contributed by atoms with van der Waals surface area (Å²) in [5.74, 6) is 0. The Morgan fingerprint density at radius 3 is 2.12 bits per heavy atom. The van der Waals surface area contributed by atoms with Crippen LogP contribution in [-0.4, -0.2) is 14.6 Å². The maximum Gasteiger partial charge on any atom is 0.289 e. The van der Waals surface area contributed by atoms with Crippen LogP contribution in [0.1, 0.15) is 20.8 Å². The molecule has 0 fully saturated rings. The zero-order valence-electron chi connectivity index (χ0n) is 9.67. The number of nitrogens with zero attached hydrogens (tertiary/aromatic N) is 2. The first-order valence-electron chi connectivity index (χ1n) is 4.82. The van der Waals surface area contributed by atoms with Crippen LogP contribution in [0.15, 0.2) is 23.1 Å². The highest BCUT2D eigenvalue weighted by atomic mass is 32.2. The fourth-order valence-electron chi connectivity index (χ4n) is 1.18. The van der Waals surface area contributed by atoms with Gasteiger partial charge in [-0.15, -0.1) is 11.8 Å². The first-order chi connectivity index (χ1) is 7.70. The summed E-state index contributed by atoms with van der Waals surface area (Å²) in [5, 5.41) is 21.4. The molecule has 0 atom stereocenters. The van der Waals surface area contributed by atoms with Gasteiger partial charge in [-0.1, -0.05) is 20.8 Å². The largest absolute Gasteiger partial charge is 0.289 e. The average Bonchev–Trinajstić information content (AvgIpc) is 2.14. The molecule has 7 heteroatoms. The van der Waals surface area contributed by atoms with Gasteiger partial charge in [-0.3, -0.25) is 20.2 Å². The van der Waals surface area contributed by atoms with Gasteiger partial charge in [0.25, 0.3) is 11.4 Å². The van der Waals surface area contributed by atoms with Gasteiger partial charge < -0.3 is 0 Å². The molecular formula is C10H12N2O4S. The molecule has 0 saturated heterocycles. The van der Waals surface area contributed by atoms with Crippen LogP contribution >= 0.6 is 11.8 Å². The molecule has 0 bridgehead atoms. The topological polar surface area (TPSA) is 86.3 Å². The smallest absolute Gasteiger partial charge is 0.258 e. The van der Waals surface area contributed by atoms with E-state index in [0.717, 1.165) is 6.07 Å². The Morgan fingerprint density at radius 2 is 1.71 bits per heavy atom. The molecule has 0 aliphatic rings. The molecule has 17 heavy (non-hydrogen) atoms. The van der Waals surface area contributed by atoms with Gasteiger partial charge in [-0.05, 0) is 6.07 Å². The number of nitro groups is 2. The van der Waals surface area contributed by atoms with Crippen LogP contribution in [-0.2, 0) is 0 Å². The van der Waals surface area contributed by atoms with Crippen molar-refractivity contribution in [3.05, 3.63) is 38.4 Å². The van der Waals surface area contributed by atoms with Crippen molar-refractivity contribution < 1.29 is 9.85 Å². The first-order valence-corrected chi connectivity index (χ1v) is 5.64. The minimum atomic E-state index is -0.640. The quantitative estimate of drug-likeness (QED) is 0.470. The van der Waals surface area contributed by atoms with E-state index < -0.39 is 9.85 Å². The lowest BCUT2D eigenvalue weighted by Gasteiger charge is -2.17. The number of nitro benzene ring substituents is 2. The lowest BCUT2D eigenvalue weighted by atomic mass is 10.2. The van der Waals surface area contributed by atoms with Crippen molar-refractivity contribution in [1.82, 2.24) is 0 Å². The van der Waals surface area contributed by atoms with Crippen LogP contribution in [0.25, 0.3) is 0 Å². The van der Waals surface area contributed by atoms with E-state index in [1.54, 1.807) is 0 Å². The monoisotopic (exact) mass is 256 g/mol. The molecule has 1 aromatic rings. The van der Waals surface area contributed by atoms with Crippen molar-refractivity contribution in [2.75, 3.05) is 0 Å². The molecule has 0 radical (unpaired) electrons. The summed E-state index contributed by atoms with van der Waals surface area (Å²) < 4.78 is -0.194. The molecule has 0 spiro atoms. The van der Waals surface area contributed by atoms with Crippen molar-refractivity contribution in [2.24, 2.45) is 0 Å². The van der Waals surface area contributed by atoms with Gasteiger partial charge in [-0.2, -0.15) is 0 Å². The molecule has 0 aromatic heterocycles. The fourth-order valence-corrected chi connectivity index (χ4v) is 2.21. The fraction of sp³-hybridized carbons (Fsp3) is 0.400. The number of non-ortho nitro benzene ring substituents is 1. The van der Waals surface area contributed by atoms with E-state index in [4.69, 9.17) is 0 Å². The minimum Gasteiger partial charge on any atom is -0.258 e. The van der Waals surface area contributed by atoms with E-state index in [-0.39, 0.29) is 16.1 Å². The number of hydrogen-bond donors (Lipinski definition) is 0. The summed E-state index contributed by atoms with van der Waals surface area (Å²) in [6.45, 7) is 5.76. The van der Waals surface area contributed by atoms with Crippen LogP contribution in [0.5, 0.6) is 0 Å². The highest BCUT2D eigenvalue weighted by Gasteiger charge is 2.23. The SMILES string of the molecule is CC(C)(C)Sc1ccc([N+](=O)[O-])cc1[N+](=O)[O-]. The van der Waals surface area contributed by atoms with E-state index in [1.807, 2.05) is 20.8 Å². The third-order valence-electron chi connectivity index (χ3n) is 1.77. The van der Waals surface area contributed by atoms with Gasteiger partial charge >= 0.3 is 0 Å². The Kier molecular flexibility index (Phi) is 3.72. The van der Waals surface area contributed by atoms with Crippen LogP contribution in [0.3, 0.4) is 0 Å². The maximum absolute atomic E-state index is 10.9. The third-order valence-corrected chi connectivity index (χ3v) is 2.94. The van der Waals surface area contributed by atoms with E-state index >= 15 is 0 Å². The van der Waals surface area contributed by atoms with Crippen LogP contribution in [0.2, 0.25) is 0 Å². The molecular weight excluding hydrogens is 244 g/mol. The number of rotatable bonds is 3. The molecule has 6 nitrogen and oxygen atoms in total. The molecule has 0 aliphatic carbocycles. The molecule has 0 N–H and O–H groups in total. The molecule has 0 saturated carbocycles. The number of benzene rings is 1. The summed E-state index contributed by atoms with van der Waals surface area (Å²) in [6.07, 6.45) is 0. The lowest BCUT2D eigenvalue weighted by molar-refractivity contribution is -0.396. The van der Waals surface area contributed by atoms with E-state index in [9.17, 15) is 20.2 Å². The van der Waals surface area contributed by atoms with Gasteiger partial charge in [0.05, 0.1) is 20.8 Å². The predicted octanol–water partition coefficient (Wildman–Crippen LogP) is 3.39. The summed E-state index contributed by atoms with van der Waals surface area (Å²) in [6, 6.07) is 3.70. The Labute approximate surface area is 102 Å². The number of hydrogen-bond acceptors (Lipinski definition) is 5.